The minimum absolute atomic E-state index is 0.861. The number of thioether (sulfide) groups is 1. The number of hydrogen-bond acceptors (Lipinski definition) is 3. The minimum atomic E-state index is 0.861. The van der Waals surface area contributed by atoms with E-state index in [1.165, 1.54) is 43.4 Å². The largest absolute Gasteiger partial charge is 0.619 e. The Hall–Kier alpha value is -0.740. The number of aromatic nitrogens is 1. The third-order valence-corrected chi connectivity index (χ3v) is 4.34. The molecule has 0 unspecified atom stereocenters. The fraction of sp³-hybridized carbons (Fsp3) is 0.667. The summed E-state index contributed by atoms with van der Waals surface area (Å²) in [5.74, 6) is 1.14. The molecule has 0 fully saturated rings. The molecule has 0 aliphatic rings. The summed E-state index contributed by atoms with van der Waals surface area (Å²) in [5, 5.41) is 11.1. The van der Waals surface area contributed by atoms with Crippen LogP contribution < -0.4 is 4.73 Å². The van der Waals surface area contributed by atoms with Crippen molar-refractivity contribution in [1.29, 1.82) is 0 Å². The van der Waals surface area contributed by atoms with Crippen LogP contribution in [0.15, 0.2) is 23.4 Å². The number of rotatable bonds is 10. The Kier molecular flexibility index (Phi) is 8.67. The molecule has 4 heteroatoms. The summed E-state index contributed by atoms with van der Waals surface area (Å²) in [6.45, 7) is 2.88. The number of methoxy groups -OCH3 is 1. The van der Waals surface area contributed by atoms with Crippen molar-refractivity contribution in [3.8, 4) is 0 Å². The van der Waals surface area contributed by atoms with Gasteiger partial charge in [-0.05, 0) is 25.5 Å². The lowest BCUT2D eigenvalue weighted by Crippen LogP contribution is -2.24. The topological polar surface area (TPSA) is 36.2 Å². The van der Waals surface area contributed by atoms with E-state index in [9.17, 15) is 5.21 Å². The first-order valence-corrected chi connectivity index (χ1v) is 8.03. The molecule has 0 saturated heterocycles. The molecule has 0 saturated carbocycles. The third kappa shape index (κ3) is 7.43. The van der Waals surface area contributed by atoms with Crippen molar-refractivity contribution in [2.45, 2.75) is 50.3 Å². The lowest BCUT2D eigenvalue weighted by molar-refractivity contribution is -0.606. The van der Waals surface area contributed by atoms with Gasteiger partial charge in [0.15, 0.2) is 12.4 Å². The normalized spacial score (nSPS) is 10.8. The fourth-order valence-corrected chi connectivity index (χ4v) is 2.98. The highest BCUT2D eigenvalue weighted by molar-refractivity contribution is 7.99. The quantitative estimate of drug-likeness (QED) is 0.284. The molecule has 0 N–H and O–H groups in total. The van der Waals surface area contributed by atoms with E-state index in [-0.39, 0.29) is 0 Å². The molecule has 0 bridgehead atoms. The zero-order chi connectivity index (χ0) is 13.9. The first-order chi connectivity index (χ1) is 9.24. The van der Waals surface area contributed by atoms with E-state index in [2.05, 4.69) is 0 Å². The zero-order valence-corrected chi connectivity index (χ0v) is 12.9. The van der Waals surface area contributed by atoms with E-state index in [1.54, 1.807) is 19.5 Å². The number of unbranched alkanes of at least 4 members (excludes halogenated alkanes) is 5. The summed E-state index contributed by atoms with van der Waals surface area (Å²) < 4.78 is 5.89. The maximum absolute atomic E-state index is 11.1. The molecule has 1 rings (SSSR count). The molecular formula is C15H25NO2S. The average Bonchev–Trinajstić information content (AvgIpc) is 2.39. The van der Waals surface area contributed by atoms with Gasteiger partial charge in [-0.1, -0.05) is 25.7 Å². The van der Waals surface area contributed by atoms with Gasteiger partial charge in [0.05, 0.1) is 0 Å². The van der Waals surface area contributed by atoms with Gasteiger partial charge in [-0.3, -0.25) is 0 Å². The molecule has 0 atom stereocenters. The molecular weight excluding hydrogens is 258 g/mol. The lowest BCUT2D eigenvalue weighted by Gasteiger charge is -2.05. The molecule has 1 aromatic rings. The Morgan fingerprint density at radius 2 is 1.84 bits per heavy atom. The predicted octanol–water partition coefficient (Wildman–Crippen LogP) is 3.71. The molecule has 1 heterocycles. The van der Waals surface area contributed by atoms with Crippen molar-refractivity contribution in [2.75, 3.05) is 19.5 Å². The van der Waals surface area contributed by atoms with Gasteiger partial charge in [-0.25, -0.2) is 0 Å². The Morgan fingerprint density at radius 1 is 1.16 bits per heavy atom. The second kappa shape index (κ2) is 10.1. The van der Waals surface area contributed by atoms with Gasteiger partial charge in [0.2, 0.25) is 0 Å². The first kappa shape index (κ1) is 16.3. The van der Waals surface area contributed by atoms with E-state index < -0.39 is 0 Å². The van der Waals surface area contributed by atoms with E-state index in [4.69, 9.17) is 4.74 Å². The first-order valence-electron chi connectivity index (χ1n) is 7.05. The predicted molar refractivity (Wildman–Crippen MR) is 80.4 cm³/mol. The van der Waals surface area contributed by atoms with Gasteiger partial charge in [0.1, 0.15) is 0 Å². The smallest absolute Gasteiger partial charge is 0.184 e. The van der Waals surface area contributed by atoms with Crippen LogP contribution in [-0.4, -0.2) is 19.5 Å². The molecule has 0 aliphatic carbocycles. The molecule has 0 amide bonds. The highest BCUT2D eigenvalue weighted by Gasteiger charge is 2.02. The van der Waals surface area contributed by atoms with Gasteiger partial charge < -0.3 is 9.94 Å². The molecule has 1 aromatic heterocycles. The van der Waals surface area contributed by atoms with Gasteiger partial charge in [0.25, 0.3) is 0 Å². The lowest BCUT2D eigenvalue weighted by atomic mass is 10.1. The average molecular weight is 283 g/mol. The van der Waals surface area contributed by atoms with Crippen molar-refractivity contribution < 1.29 is 9.47 Å². The van der Waals surface area contributed by atoms with Crippen molar-refractivity contribution in [2.24, 2.45) is 0 Å². The van der Waals surface area contributed by atoms with Gasteiger partial charge in [-0.2, -0.15) is 4.73 Å². The highest BCUT2D eigenvalue weighted by atomic mass is 32.2. The number of nitrogens with zero attached hydrogens (tertiary/aromatic N) is 1. The van der Waals surface area contributed by atoms with Crippen LogP contribution in [0, 0.1) is 12.1 Å². The molecule has 19 heavy (non-hydrogen) atoms. The molecule has 0 aliphatic heterocycles. The standard InChI is InChI=1S/C15H25NO2S/c1-14-13-16(17)10-9-15(14)19-12-8-6-4-3-5-7-11-18-2/h9-10,13H,3-8,11-12H2,1-2H3. The van der Waals surface area contributed by atoms with Crippen LogP contribution in [0.25, 0.3) is 0 Å². The summed E-state index contributed by atoms with van der Waals surface area (Å²) in [7, 11) is 1.76. The van der Waals surface area contributed by atoms with Gasteiger partial charge >= 0.3 is 0 Å². The van der Waals surface area contributed by atoms with Crippen LogP contribution in [0.3, 0.4) is 0 Å². The van der Waals surface area contributed by atoms with Crippen molar-refractivity contribution in [3.05, 3.63) is 29.2 Å². The SMILES string of the molecule is COCCCCCCCCSc1cc[n+]([O-])cc1C. The molecule has 0 aromatic carbocycles. The zero-order valence-electron chi connectivity index (χ0n) is 12.1. The summed E-state index contributed by atoms with van der Waals surface area (Å²) in [6, 6.07) is 1.91. The second-order valence-electron chi connectivity index (χ2n) is 4.81. The van der Waals surface area contributed by atoms with Crippen LogP contribution in [0.5, 0.6) is 0 Å². The van der Waals surface area contributed by atoms with Crippen LogP contribution in [-0.2, 0) is 4.74 Å². The number of hydrogen-bond donors (Lipinski definition) is 0. The third-order valence-electron chi connectivity index (χ3n) is 3.08. The summed E-state index contributed by atoms with van der Waals surface area (Å²) in [5.41, 5.74) is 1.07. The molecule has 3 nitrogen and oxygen atoms in total. The van der Waals surface area contributed by atoms with Gasteiger partial charge in [-0.15, -0.1) is 11.8 Å². The van der Waals surface area contributed by atoms with Crippen LogP contribution in [0.1, 0.15) is 44.1 Å². The van der Waals surface area contributed by atoms with Crippen LogP contribution in [0.4, 0.5) is 0 Å². The monoisotopic (exact) mass is 283 g/mol. The Bertz CT molecular complexity index is 358. The Morgan fingerprint density at radius 3 is 2.53 bits per heavy atom. The number of ether oxygens (including phenoxy) is 1. The van der Waals surface area contributed by atoms with Gasteiger partial charge in [0, 0.05) is 30.2 Å². The number of pyridine rings is 1. The fourth-order valence-electron chi connectivity index (χ4n) is 1.97. The summed E-state index contributed by atoms with van der Waals surface area (Å²) >= 11 is 1.86. The maximum atomic E-state index is 11.1. The summed E-state index contributed by atoms with van der Waals surface area (Å²) in [4.78, 5) is 1.23. The number of aryl methyl sites for hydroxylation is 1. The summed E-state index contributed by atoms with van der Waals surface area (Å²) in [6.07, 6.45) is 10.9. The maximum Gasteiger partial charge on any atom is 0.184 e. The van der Waals surface area contributed by atoms with Crippen LogP contribution in [0.2, 0.25) is 0 Å². The Balaban J connectivity index is 2.01. The van der Waals surface area contributed by atoms with Crippen molar-refractivity contribution in [1.82, 2.24) is 0 Å². The van der Waals surface area contributed by atoms with Crippen molar-refractivity contribution in [3.63, 3.8) is 0 Å². The second-order valence-corrected chi connectivity index (χ2v) is 5.95. The molecule has 0 radical (unpaired) electrons. The molecule has 108 valence electrons. The highest BCUT2D eigenvalue weighted by Crippen LogP contribution is 2.22. The van der Waals surface area contributed by atoms with Crippen LogP contribution >= 0.6 is 11.8 Å². The van der Waals surface area contributed by atoms with E-state index in [0.29, 0.717) is 0 Å². The van der Waals surface area contributed by atoms with E-state index in [0.717, 1.165) is 22.7 Å². The Labute approximate surface area is 120 Å². The van der Waals surface area contributed by atoms with E-state index >= 15 is 0 Å². The van der Waals surface area contributed by atoms with E-state index in [1.807, 2.05) is 24.8 Å². The molecule has 0 spiro atoms. The minimum Gasteiger partial charge on any atom is -0.619 e. The van der Waals surface area contributed by atoms with Crippen molar-refractivity contribution >= 4 is 11.8 Å².